The minimum atomic E-state index is -4.66. The summed E-state index contributed by atoms with van der Waals surface area (Å²) in [7, 11) is 0. The molecule has 11 heteroatoms. The molecule has 4 rings (SSSR count). The fourth-order valence-corrected chi connectivity index (χ4v) is 3.37. The van der Waals surface area contributed by atoms with Crippen molar-refractivity contribution in [2.75, 3.05) is 13.2 Å². The Labute approximate surface area is 172 Å². The Morgan fingerprint density at radius 3 is 2.39 bits per heavy atom. The lowest BCUT2D eigenvalue weighted by atomic mass is 10.0. The third kappa shape index (κ3) is 4.42. The van der Waals surface area contributed by atoms with E-state index in [-0.39, 0.29) is 11.7 Å². The van der Waals surface area contributed by atoms with Crippen LogP contribution in [0, 0.1) is 11.6 Å². The van der Waals surface area contributed by atoms with Gasteiger partial charge in [-0.3, -0.25) is 4.79 Å². The number of pyridine rings is 1. The minimum absolute atomic E-state index is 0.0875. The second-order valence-electron chi connectivity index (χ2n) is 7.00. The Balaban J connectivity index is 1.67. The van der Waals surface area contributed by atoms with Gasteiger partial charge in [-0.2, -0.15) is 13.2 Å². The molecule has 1 aliphatic heterocycles. The fourth-order valence-electron chi connectivity index (χ4n) is 3.37. The number of ether oxygens (including phenoxy) is 2. The number of alkyl halides is 3. The van der Waals surface area contributed by atoms with Crippen LogP contribution < -0.4 is 5.56 Å². The highest BCUT2D eigenvalue weighted by atomic mass is 19.4. The molecule has 31 heavy (non-hydrogen) atoms. The van der Waals surface area contributed by atoms with Crippen LogP contribution in [-0.2, 0) is 22.1 Å². The van der Waals surface area contributed by atoms with E-state index < -0.39 is 45.7 Å². The summed E-state index contributed by atoms with van der Waals surface area (Å²) >= 11 is 0. The lowest BCUT2D eigenvalue weighted by Crippen LogP contribution is -2.13. The van der Waals surface area contributed by atoms with Gasteiger partial charge in [0.2, 0.25) is 0 Å². The van der Waals surface area contributed by atoms with Gasteiger partial charge in [0.25, 0.3) is 5.56 Å². The molecular weight excluding hydrogens is 425 g/mol. The van der Waals surface area contributed by atoms with Crippen molar-refractivity contribution in [3.05, 3.63) is 57.8 Å². The number of benzene rings is 1. The standard InChI is InChI=1S/C20H16F5N3O3/c21-16-13(18-26-8-11(9-27-18)20(23,24)25)7-10-6-12(28-19(29)15(10)17(16)22)2-1-3-14-30-4-5-31-14/h6-9,14H,1-5H2,(H,28,29). The monoisotopic (exact) mass is 441 g/mol. The van der Waals surface area contributed by atoms with Crippen molar-refractivity contribution in [3.63, 3.8) is 0 Å². The van der Waals surface area contributed by atoms with Crippen molar-refractivity contribution in [2.24, 2.45) is 0 Å². The lowest BCUT2D eigenvalue weighted by molar-refractivity contribution is -0.138. The van der Waals surface area contributed by atoms with Crippen LogP contribution in [0.1, 0.15) is 24.1 Å². The molecule has 1 saturated heterocycles. The van der Waals surface area contributed by atoms with Crippen LogP contribution in [0.25, 0.3) is 22.2 Å². The van der Waals surface area contributed by atoms with E-state index in [1.165, 1.54) is 6.07 Å². The third-order valence-corrected chi connectivity index (χ3v) is 4.86. The SMILES string of the molecule is O=c1[nH]c(CCCC2OCCO2)cc2cc(-c3ncc(C(F)(F)F)cn3)c(F)c(F)c12. The van der Waals surface area contributed by atoms with Crippen molar-refractivity contribution in [1.29, 1.82) is 0 Å². The average Bonchev–Trinajstić information content (AvgIpc) is 3.23. The van der Waals surface area contributed by atoms with Crippen molar-refractivity contribution in [3.8, 4) is 11.4 Å². The zero-order chi connectivity index (χ0) is 22.2. The van der Waals surface area contributed by atoms with Gasteiger partial charge < -0.3 is 14.5 Å². The van der Waals surface area contributed by atoms with Crippen LogP contribution in [0.4, 0.5) is 22.0 Å². The molecule has 0 bridgehead atoms. The first kappa shape index (κ1) is 21.3. The van der Waals surface area contributed by atoms with E-state index in [1.54, 1.807) is 0 Å². The summed E-state index contributed by atoms with van der Waals surface area (Å²) in [6.07, 6.45) is -2.35. The maximum atomic E-state index is 14.6. The summed E-state index contributed by atoms with van der Waals surface area (Å²) in [5, 5.41) is -0.399. The summed E-state index contributed by atoms with van der Waals surface area (Å²) < 4.78 is 77.9. The highest BCUT2D eigenvalue weighted by Gasteiger charge is 2.31. The molecule has 0 spiro atoms. The first-order chi connectivity index (χ1) is 14.7. The fraction of sp³-hybridized carbons (Fsp3) is 0.350. The third-order valence-electron chi connectivity index (χ3n) is 4.86. The topological polar surface area (TPSA) is 77.1 Å². The maximum Gasteiger partial charge on any atom is 0.419 e. The van der Waals surface area contributed by atoms with Crippen LogP contribution in [0.3, 0.4) is 0 Å². The van der Waals surface area contributed by atoms with E-state index in [1.807, 2.05) is 0 Å². The first-order valence-electron chi connectivity index (χ1n) is 9.41. The van der Waals surface area contributed by atoms with Gasteiger partial charge in [-0.05, 0) is 36.8 Å². The van der Waals surface area contributed by atoms with Gasteiger partial charge >= 0.3 is 6.18 Å². The zero-order valence-electron chi connectivity index (χ0n) is 15.9. The highest BCUT2D eigenvalue weighted by Crippen LogP contribution is 2.31. The molecule has 0 amide bonds. The van der Waals surface area contributed by atoms with Gasteiger partial charge in [0.15, 0.2) is 23.7 Å². The number of hydrogen-bond donors (Lipinski definition) is 1. The molecule has 0 radical (unpaired) electrons. The summed E-state index contributed by atoms with van der Waals surface area (Å²) in [5.41, 5.74) is -1.88. The van der Waals surface area contributed by atoms with Crippen LogP contribution in [-0.4, -0.2) is 34.5 Å². The van der Waals surface area contributed by atoms with E-state index in [0.29, 0.717) is 50.6 Å². The summed E-state index contributed by atoms with van der Waals surface area (Å²) in [6.45, 7) is 1.05. The van der Waals surface area contributed by atoms with Crippen molar-refractivity contribution in [1.82, 2.24) is 15.0 Å². The quantitative estimate of drug-likeness (QED) is 0.607. The molecule has 3 aromatic rings. The molecule has 0 atom stereocenters. The molecule has 2 aromatic heterocycles. The van der Waals surface area contributed by atoms with Gasteiger partial charge in [-0.25, -0.2) is 18.7 Å². The van der Waals surface area contributed by atoms with E-state index in [4.69, 9.17) is 9.47 Å². The number of rotatable bonds is 5. The predicted molar refractivity (Wildman–Crippen MR) is 99.1 cm³/mol. The number of H-pyrrole nitrogens is 1. The molecule has 0 aliphatic carbocycles. The molecule has 1 aliphatic rings. The molecule has 0 unspecified atom stereocenters. The normalized spacial score (nSPS) is 15.1. The Bertz CT molecular complexity index is 1160. The molecule has 3 heterocycles. The minimum Gasteiger partial charge on any atom is -0.350 e. The smallest absolute Gasteiger partial charge is 0.350 e. The van der Waals surface area contributed by atoms with E-state index in [0.717, 1.165) is 6.07 Å². The largest absolute Gasteiger partial charge is 0.419 e. The van der Waals surface area contributed by atoms with Gasteiger partial charge in [0.1, 0.15) is 0 Å². The Morgan fingerprint density at radius 2 is 1.74 bits per heavy atom. The zero-order valence-corrected chi connectivity index (χ0v) is 15.9. The number of aromatic amines is 1. The second kappa shape index (κ2) is 8.31. The summed E-state index contributed by atoms with van der Waals surface area (Å²) in [5.74, 6) is -3.26. The maximum absolute atomic E-state index is 14.6. The van der Waals surface area contributed by atoms with Gasteiger partial charge in [0.05, 0.1) is 29.7 Å². The van der Waals surface area contributed by atoms with Crippen molar-refractivity contribution >= 4 is 10.8 Å². The first-order valence-corrected chi connectivity index (χ1v) is 9.41. The van der Waals surface area contributed by atoms with Crippen molar-refractivity contribution in [2.45, 2.75) is 31.7 Å². The Hall–Kier alpha value is -2.92. The van der Waals surface area contributed by atoms with Gasteiger partial charge in [-0.15, -0.1) is 0 Å². The van der Waals surface area contributed by atoms with Crippen LogP contribution in [0.15, 0.2) is 29.3 Å². The molecule has 6 nitrogen and oxygen atoms in total. The van der Waals surface area contributed by atoms with Gasteiger partial charge in [0, 0.05) is 18.1 Å². The second-order valence-corrected chi connectivity index (χ2v) is 7.00. The van der Waals surface area contributed by atoms with Crippen LogP contribution in [0.2, 0.25) is 0 Å². The number of aromatic nitrogens is 3. The van der Waals surface area contributed by atoms with Crippen LogP contribution >= 0.6 is 0 Å². The van der Waals surface area contributed by atoms with Gasteiger partial charge in [-0.1, -0.05) is 0 Å². The summed E-state index contributed by atoms with van der Waals surface area (Å²) in [4.78, 5) is 21.9. The molecule has 164 valence electrons. The Morgan fingerprint density at radius 1 is 1.06 bits per heavy atom. The lowest BCUT2D eigenvalue weighted by Gasteiger charge is -2.11. The number of halogens is 5. The van der Waals surface area contributed by atoms with Crippen molar-refractivity contribution < 1.29 is 31.4 Å². The average molecular weight is 441 g/mol. The van der Waals surface area contributed by atoms with E-state index in [9.17, 15) is 26.7 Å². The van der Waals surface area contributed by atoms with E-state index >= 15 is 0 Å². The molecule has 1 fully saturated rings. The number of aryl methyl sites for hydroxylation is 1. The number of fused-ring (bicyclic) bond motifs is 1. The van der Waals surface area contributed by atoms with Crippen LogP contribution in [0.5, 0.6) is 0 Å². The van der Waals surface area contributed by atoms with E-state index in [2.05, 4.69) is 15.0 Å². The number of hydrogen-bond acceptors (Lipinski definition) is 5. The molecule has 0 saturated carbocycles. The molecular formula is C20H16F5N3O3. The molecule has 1 N–H and O–H groups in total. The Kier molecular flexibility index (Phi) is 5.71. The summed E-state index contributed by atoms with van der Waals surface area (Å²) in [6, 6.07) is 2.64. The number of nitrogens with one attached hydrogen (secondary N) is 1. The highest BCUT2D eigenvalue weighted by molar-refractivity contribution is 5.87. The molecule has 1 aromatic carbocycles. The predicted octanol–water partition coefficient (Wildman–Crippen LogP) is 3.98. The number of nitrogens with zero attached hydrogens (tertiary/aromatic N) is 2.